The molecule has 0 unspecified atom stereocenters. The van der Waals surface area contributed by atoms with E-state index in [1.165, 1.54) is 16.2 Å². The Labute approximate surface area is 172 Å². The predicted molar refractivity (Wildman–Crippen MR) is 117 cm³/mol. The summed E-state index contributed by atoms with van der Waals surface area (Å²) in [5.74, 6) is 0.0276. The van der Waals surface area contributed by atoms with Gasteiger partial charge in [-0.25, -0.2) is 4.98 Å². The van der Waals surface area contributed by atoms with Crippen LogP contribution in [0.25, 0.3) is 10.2 Å². The van der Waals surface area contributed by atoms with Crippen molar-refractivity contribution in [2.45, 2.75) is 17.9 Å². The van der Waals surface area contributed by atoms with Crippen molar-refractivity contribution in [3.63, 3.8) is 0 Å². The van der Waals surface area contributed by atoms with Crippen LogP contribution in [0.15, 0.2) is 78.0 Å². The van der Waals surface area contributed by atoms with E-state index in [2.05, 4.69) is 17.1 Å². The number of thiazole rings is 1. The zero-order valence-corrected chi connectivity index (χ0v) is 17.0. The summed E-state index contributed by atoms with van der Waals surface area (Å²) in [5, 5.41) is 0.718. The fraction of sp³-hybridized carbons (Fsp3) is 0.136. The second-order valence-corrected chi connectivity index (χ2v) is 8.22. The van der Waals surface area contributed by atoms with E-state index in [4.69, 9.17) is 4.98 Å². The maximum Gasteiger partial charge on any atom is 0.233 e. The van der Waals surface area contributed by atoms with Gasteiger partial charge >= 0.3 is 0 Å². The lowest BCUT2D eigenvalue weighted by Crippen LogP contribution is -2.31. The number of carbonyl (C=O) groups is 1. The molecule has 6 heteroatoms. The number of anilines is 1. The van der Waals surface area contributed by atoms with E-state index in [0.29, 0.717) is 13.0 Å². The van der Waals surface area contributed by atoms with Crippen molar-refractivity contribution in [1.82, 2.24) is 9.97 Å². The Hall–Kier alpha value is -2.70. The SMILES string of the molecule is CSc1ccc(CC(=O)N(Cc2cccnc2)c2nc3ccccc3s2)cc1. The molecule has 0 spiro atoms. The largest absolute Gasteiger partial charge is 0.283 e. The topological polar surface area (TPSA) is 46.1 Å². The molecule has 4 rings (SSSR count). The summed E-state index contributed by atoms with van der Waals surface area (Å²) >= 11 is 3.23. The van der Waals surface area contributed by atoms with Crippen LogP contribution >= 0.6 is 23.1 Å². The van der Waals surface area contributed by atoms with E-state index in [-0.39, 0.29) is 5.91 Å². The van der Waals surface area contributed by atoms with Crippen molar-refractivity contribution in [3.8, 4) is 0 Å². The van der Waals surface area contributed by atoms with E-state index in [1.54, 1.807) is 29.1 Å². The first-order chi connectivity index (χ1) is 13.7. The second kappa shape index (κ2) is 8.54. The highest BCUT2D eigenvalue weighted by Crippen LogP contribution is 2.30. The molecule has 2 heterocycles. The van der Waals surface area contributed by atoms with Gasteiger partial charge in [-0.2, -0.15) is 0 Å². The van der Waals surface area contributed by atoms with Crippen molar-refractivity contribution in [2.75, 3.05) is 11.2 Å². The number of carbonyl (C=O) groups excluding carboxylic acids is 1. The minimum Gasteiger partial charge on any atom is -0.283 e. The number of pyridine rings is 1. The average molecular weight is 406 g/mol. The minimum absolute atomic E-state index is 0.0276. The van der Waals surface area contributed by atoms with Crippen molar-refractivity contribution in [1.29, 1.82) is 0 Å². The Kier molecular flexibility index (Phi) is 5.69. The molecule has 2 aromatic heterocycles. The third kappa shape index (κ3) is 4.24. The number of nitrogens with zero attached hydrogens (tertiary/aromatic N) is 3. The molecule has 4 nitrogen and oxygen atoms in total. The van der Waals surface area contributed by atoms with Crippen molar-refractivity contribution in [3.05, 3.63) is 84.2 Å². The zero-order chi connectivity index (χ0) is 19.3. The third-order valence-electron chi connectivity index (χ3n) is 4.39. The number of hydrogen-bond donors (Lipinski definition) is 0. The standard InChI is InChI=1S/C22H19N3OS2/c1-27-18-10-8-16(9-11-18)13-21(26)25(15-17-5-4-12-23-14-17)22-24-19-6-2-3-7-20(19)28-22/h2-12,14H,13,15H2,1H3. The molecular weight excluding hydrogens is 386 g/mol. The quantitative estimate of drug-likeness (QED) is 0.414. The maximum atomic E-state index is 13.2. The van der Waals surface area contributed by atoms with Gasteiger partial charge in [-0.15, -0.1) is 11.8 Å². The van der Waals surface area contributed by atoms with Gasteiger partial charge < -0.3 is 0 Å². The van der Waals surface area contributed by atoms with Gasteiger partial charge in [-0.3, -0.25) is 14.7 Å². The molecule has 0 aliphatic heterocycles. The molecule has 0 bridgehead atoms. The Morgan fingerprint density at radius 2 is 1.86 bits per heavy atom. The Morgan fingerprint density at radius 3 is 2.57 bits per heavy atom. The lowest BCUT2D eigenvalue weighted by Gasteiger charge is -2.20. The van der Waals surface area contributed by atoms with Crippen molar-refractivity contribution in [2.24, 2.45) is 0 Å². The van der Waals surface area contributed by atoms with Crippen LogP contribution in [0.1, 0.15) is 11.1 Å². The summed E-state index contributed by atoms with van der Waals surface area (Å²) < 4.78 is 1.07. The van der Waals surface area contributed by atoms with E-state index in [1.807, 2.05) is 54.8 Å². The Morgan fingerprint density at radius 1 is 1.04 bits per heavy atom. The van der Waals surface area contributed by atoms with E-state index in [0.717, 1.165) is 26.5 Å². The molecule has 0 saturated carbocycles. The lowest BCUT2D eigenvalue weighted by atomic mass is 10.1. The molecule has 4 aromatic rings. The number of hydrogen-bond acceptors (Lipinski definition) is 5. The summed E-state index contributed by atoms with van der Waals surface area (Å²) in [6, 6.07) is 20.0. The molecular formula is C22H19N3OS2. The van der Waals surface area contributed by atoms with Crippen LogP contribution in [0.2, 0.25) is 0 Å². The highest BCUT2D eigenvalue weighted by molar-refractivity contribution is 7.98. The lowest BCUT2D eigenvalue weighted by molar-refractivity contribution is -0.118. The van der Waals surface area contributed by atoms with Gasteiger partial charge in [0.15, 0.2) is 5.13 Å². The number of benzene rings is 2. The fourth-order valence-electron chi connectivity index (χ4n) is 2.93. The summed E-state index contributed by atoms with van der Waals surface area (Å²) in [6.07, 6.45) is 5.91. The van der Waals surface area contributed by atoms with Crippen molar-refractivity contribution < 1.29 is 4.79 Å². The first kappa shape index (κ1) is 18.7. The second-order valence-electron chi connectivity index (χ2n) is 6.33. The van der Waals surface area contributed by atoms with Crippen LogP contribution in [0.5, 0.6) is 0 Å². The summed E-state index contributed by atoms with van der Waals surface area (Å²) in [6.45, 7) is 0.454. The van der Waals surface area contributed by atoms with Gasteiger partial charge in [0.1, 0.15) is 0 Å². The van der Waals surface area contributed by atoms with Gasteiger partial charge in [0.2, 0.25) is 5.91 Å². The summed E-state index contributed by atoms with van der Waals surface area (Å²) in [7, 11) is 0. The number of rotatable bonds is 6. The Bertz CT molecular complexity index is 1040. The molecule has 0 N–H and O–H groups in total. The highest BCUT2D eigenvalue weighted by Gasteiger charge is 2.20. The van der Waals surface area contributed by atoms with Gasteiger partial charge in [0.05, 0.1) is 23.2 Å². The van der Waals surface area contributed by atoms with Gasteiger partial charge in [0.25, 0.3) is 0 Å². The highest BCUT2D eigenvalue weighted by atomic mass is 32.2. The summed E-state index contributed by atoms with van der Waals surface area (Å²) in [5.41, 5.74) is 2.89. The van der Waals surface area contributed by atoms with Crippen LogP contribution in [0.4, 0.5) is 5.13 Å². The summed E-state index contributed by atoms with van der Waals surface area (Å²) in [4.78, 5) is 25.1. The van der Waals surface area contributed by atoms with Gasteiger partial charge in [-0.05, 0) is 47.7 Å². The first-order valence-corrected chi connectivity index (χ1v) is 10.9. The molecule has 0 aliphatic rings. The number of amides is 1. The monoisotopic (exact) mass is 405 g/mol. The molecule has 2 aromatic carbocycles. The van der Waals surface area contributed by atoms with Crippen molar-refractivity contribution >= 4 is 44.4 Å². The number of fused-ring (bicyclic) bond motifs is 1. The molecule has 0 atom stereocenters. The predicted octanol–water partition coefficient (Wildman–Crippen LogP) is 5.19. The molecule has 0 radical (unpaired) electrons. The smallest absolute Gasteiger partial charge is 0.233 e. The third-order valence-corrected chi connectivity index (χ3v) is 6.20. The Balaban J connectivity index is 1.64. The number of para-hydroxylation sites is 1. The van der Waals surface area contributed by atoms with E-state index in [9.17, 15) is 4.79 Å². The average Bonchev–Trinajstić information content (AvgIpc) is 3.17. The van der Waals surface area contributed by atoms with Crippen LogP contribution in [0, 0.1) is 0 Å². The van der Waals surface area contributed by atoms with Gasteiger partial charge in [0, 0.05) is 17.3 Å². The van der Waals surface area contributed by atoms with Crippen LogP contribution in [-0.2, 0) is 17.8 Å². The number of aromatic nitrogens is 2. The van der Waals surface area contributed by atoms with Crippen LogP contribution < -0.4 is 4.90 Å². The maximum absolute atomic E-state index is 13.2. The van der Waals surface area contributed by atoms with E-state index < -0.39 is 0 Å². The molecule has 1 amide bonds. The zero-order valence-electron chi connectivity index (χ0n) is 15.4. The molecule has 28 heavy (non-hydrogen) atoms. The minimum atomic E-state index is 0.0276. The molecule has 0 fully saturated rings. The van der Waals surface area contributed by atoms with Crippen LogP contribution in [-0.4, -0.2) is 22.1 Å². The van der Waals surface area contributed by atoms with Crippen LogP contribution in [0.3, 0.4) is 0 Å². The number of thioether (sulfide) groups is 1. The van der Waals surface area contributed by atoms with E-state index >= 15 is 0 Å². The molecule has 140 valence electrons. The van der Waals surface area contributed by atoms with Gasteiger partial charge in [-0.1, -0.05) is 41.7 Å². The molecule has 0 saturated heterocycles. The fourth-order valence-corrected chi connectivity index (χ4v) is 4.32. The molecule has 0 aliphatic carbocycles. The first-order valence-electron chi connectivity index (χ1n) is 8.91. The normalized spacial score (nSPS) is 10.9.